The monoisotopic (exact) mass is 441 g/mol. The number of hydrogen-bond donors (Lipinski definition) is 2. The number of hydrogen-bond acceptors (Lipinski definition) is 3. The second kappa shape index (κ2) is 10.4. The molecule has 4 nitrogen and oxygen atoms in total. The van der Waals surface area contributed by atoms with Gasteiger partial charge in [0.25, 0.3) is 0 Å². The average molecular weight is 441 g/mol. The highest BCUT2D eigenvalue weighted by molar-refractivity contribution is 5.83. The number of carbonyl (C=O) groups excluding carboxylic acids is 1. The van der Waals surface area contributed by atoms with Crippen LogP contribution in [0.4, 0.5) is 13.2 Å². The van der Waals surface area contributed by atoms with E-state index in [4.69, 9.17) is 0 Å². The summed E-state index contributed by atoms with van der Waals surface area (Å²) in [6.45, 7) is 1.89. The number of benzene rings is 2. The number of aromatic nitrogens is 1. The van der Waals surface area contributed by atoms with Crippen LogP contribution in [0, 0.1) is 6.92 Å². The quantitative estimate of drug-likeness (QED) is 0.508. The summed E-state index contributed by atoms with van der Waals surface area (Å²) in [5, 5.41) is 6.11. The predicted octanol–water partition coefficient (Wildman–Crippen LogP) is 5.16. The van der Waals surface area contributed by atoms with Crippen LogP contribution in [0.3, 0.4) is 0 Å². The zero-order valence-electron chi connectivity index (χ0n) is 18.0. The molecule has 0 aliphatic rings. The molecule has 0 fully saturated rings. The molecule has 1 aromatic heterocycles. The topological polar surface area (TPSA) is 54.0 Å². The molecule has 0 aliphatic heterocycles. The lowest BCUT2D eigenvalue weighted by molar-refractivity contribution is -0.137. The minimum Gasteiger partial charge on any atom is -0.358 e. The highest BCUT2D eigenvalue weighted by Gasteiger charge is 2.30. The van der Waals surface area contributed by atoms with E-state index in [0.29, 0.717) is 12.8 Å². The van der Waals surface area contributed by atoms with Crippen LogP contribution in [0.2, 0.25) is 0 Å². The number of aryl methyl sites for hydroxylation is 2. The fraction of sp³-hybridized carbons (Fsp3) is 0.280. The van der Waals surface area contributed by atoms with Gasteiger partial charge in [0, 0.05) is 12.7 Å². The zero-order valence-corrected chi connectivity index (χ0v) is 18.0. The molecule has 0 bridgehead atoms. The van der Waals surface area contributed by atoms with E-state index in [1.807, 2.05) is 55.5 Å². The summed E-state index contributed by atoms with van der Waals surface area (Å²) in [4.78, 5) is 17.3. The van der Waals surface area contributed by atoms with Crippen molar-refractivity contribution in [2.45, 2.75) is 38.0 Å². The van der Waals surface area contributed by atoms with Gasteiger partial charge in [-0.05, 0) is 55.2 Å². The van der Waals surface area contributed by atoms with Crippen molar-refractivity contribution >= 4 is 5.91 Å². The SMILES string of the molecule is CNC(=O)[C@@H](N[C@H](CCc1ccc(C(F)(F)F)cc1)c1cccc(C)n1)c1ccccc1. The number of halogens is 3. The van der Waals surface area contributed by atoms with Gasteiger partial charge in [0.2, 0.25) is 5.91 Å². The van der Waals surface area contributed by atoms with E-state index in [9.17, 15) is 18.0 Å². The standard InChI is InChI=1S/C25H26F3N3O/c1-17-7-6-10-21(30-17)22(16-13-18-11-14-20(15-12-18)25(26,27)28)31-23(24(32)29-2)19-8-4-3-5-9-19/h3-12,14-15,22-23,31H,13,16H2,1-2H3,(H,29,32)/t22-,23+/m1/s1. The molecular weight excluding hydrogens is 415 g/mol. The Hall–Kier alpha value is -3.19. The number of likely N-dealkylation sites (N-methyl/N-ethyl adjacent to an activating group) is 1. The summed E-state index contributed by atoms with van der Waals surface area (Å²) >= 11 is 0. The molecule has 0 radical (unpaired) electrons. The molecule has 0 saturated carbocycles. The first kappa shape index (κ1) is 23.5. The smallest absolute Gasteiger partial charge is 0.358 e. The summed E-state index contributed by atoms with van der Waals surface area (Å²) in [7, 11) is 1.59. The average Bonchev–Trinajstić information content (AvgIpc) is 2.79. The third kappa shape index (κ3) is 6.17. The van der Waals surface area contributed by atoms with E-state index < -0.39 is 17.8 Å². The van der Waals surface area contributed by atoms with Gasteiger partial charge in [-0.3, -0.25) is 15.1 Å². The Bertz CT molecular complexity index is 1020. The van der Waals surface area contributed by atoms with Crippen LogP contribution in [0.5, 0.6) is 0 Å². The summed E-state index contributed by atoms with van der Waals surface area (Å²) in [6.07, 6.45) is -3.27. The summed E-state index contributed by atoms with van der Waals surface area (Å²) < 4.78 is 38.6. The van der Waals surface area contributed by atoms with Crippen LogP contribution < -0.4 is 10.6 Å². The maximum absolute atomic E-state index is 12.9. The third-order valence-electron chi connectivity index (χ3n) is 5.28. The first-order valence-corrected chi connectivity index (χ1v) is 10.4. The molecule has 3 rings (SSSR count). The Kier molecular flexibility index (Phi) is 7.64. The Morgan fingerprint density at radius 2 is 1.66 bits per heavy atom. The maximum atomic E-state index is 12.9. The molecule has 2 atom stereocenters. The highest BCUT2D eigenvalue weighted by atomic mass is 19.4. The minimum absolute atomic E-state index is 0.177. The predicted molar refractivity (Wildman–Crippen MR) is 118 cm³/mol. The van der Waals surface area contributed by atoms with Crippen molar-refractivity contribution in [3.63, 3.8) is 0 Å². The summed E-state index contributed by atoms with van der Waals surface area (Å²) in [5.74, 6) is -0.177. The fourth-order valence-electron chi connectivity index (χ4n) is 3.56. The van der Waals surface area contributed by atoms with Crippen molar-refractivity contribution < 1.29 is 18.0 Å². The maximum Gasteiger partial charge on any atom is 0.416 e. The number of rotatable bonds is 8. The highest BCUT2D eigenvalue weighted by Crippen LogP contribution is 2.30. The summed E-state index contributed by atoms with van der Waals surface area (Å²) in [6, 6.07) is 19.4. The Morgan fingerprint density at radius 3 is 2.25 bits per heavy atom. The van der Waals surface area contributed by atoms with E-state index >= 15 is 0 Å². The van der Waals surface area contributed by atoms with E-state index in [-0.39, 0.29) is 11.9 Å². The van der Waals surface area contributed by atoms with Crippen molar-refractivity contribution in [2.24, 2.45) is 0 Å². The van der Waals surface area contributed by atoms with Crippen LogP contribution in [0.15, 0.2) is 72.8 Å². The largest absolute Gasteiger partial charge is 0.416 e. The van der Waals surface area contributed by atoms with E-state index in [1.165, 1.54) is 12.1 Å². The Labute approximate surface area is 185 Å². The molecule has 2 aromatic carbocycles. The summed E-state index contributed by atoms with van der Waals surface area (Å²) in [5.41, 5.74) is 2.56. The van der Waals surface area contributed by atoms with E-state index in [0.717, 1.165) is 34.6 Å². The van der Waals surface area contributed by atoms with Crippen molar-refractivity contribution in [3.8, 4) is 0 Å². The van der Waals surface area contributed by atoms with Gasteiger partial charge < -0.3 is 5.32 Å². The zero-order chi connectivity index (χ0) is 23.1. The number of pyridine rings is 1. The third-order valence-corrected chi connectivity index (χ3v) is 5.28. The van der Waals surface area contributed by atoms with Gasteiger partial charge >= 0.3 is 6.18 Å². The number of alkyl halides is 3. The van der Waals surface area contributed by atoms with Crippen molar-refractivity contribution in [2.75, 3.05) is 7.05 Å². The Morgan fingerprint density at radius 1 is 0.969 bits per heavy atom. The van der Waals surface area contributed by atoms with Crippen LogP contribution in [-0.4, -0.2) is 17.9 Å². The number of nitrogens with one attached hydrogen (secondary N) is 2. The lowest BCUT2D eigenvalue weighted by Crippen LogP contribution is -2.38. The van der Waals surface area contributed by atoms with Gasteiger partial charge in [-0.25, -0.2) is 0 Å². The number of nitrogens with zero attached hydrogens (tertiary/aromatic N) is 1. The van der Waals surface area contributed by atoms with Gasteiger partial charge in [0.15, 0.2) is 0 Å². The second-order valence-corrected chi connectivity index (χ2v) is 7.61. The van der Waals surface area contributed by atoms with Gasteiger partial charge in [0.1, 0.15) is 6.04 Å². The second-order valence-electron chi connectivity index (χ2n) is 7.61. The minimum atomic E-state index is -4.36. The van der Waals surface area contributed by atoms with E-state index in [2.05, 4.69) is 15.6 Å². The van der Waals surface area contributed by atoms with Gasteiger partial charge in [0.05, 0.1) is 17.3 Å². The van der Waals surface area contributed by atoms with E-state index in [1.54, 1.807) is 7.05 Å². The molecule has 1 heterocycles. The molecular formula is C25H26F3N3O. The van der Waals surface area contributed by atoms with Crippen molar-refractivity contribution in [3.05, 3.63) is 101 Å². The molecule has 168 valence electrons. The molecule has 0 saturated heterocycles. The molecule has 2 N–H and O–H groups in total. The van der Waals surface area contributed by atoms with Gasteiger partial charge in [-0.1, -0.05) is 48.5 Å². The van der Waals surface area contributed by atoms with Crippen LogP contribution in [0.25, 0.3) is 0 Å². The molecule has 0 spiro atoms. The number of carbonyl (C=O) groups is 1. The van der Waals surface area contributed by atoms with Crippen LogP contribution >= 0.6 is 0 Å². The lowest BCUT2D eigenvalue weighted by Gasteiger charge is -2.25. The van der Waals surface area contributed by atoms with Gasteiger partial charge in [-0.2, -0.15) is 13.2 Å². The normalized spacial score (nSPS) is 13.4. The molecule has 3 aromatic rings. The Balaban J connectivity index is 1.84. The number of amides is 1. The molecule has 0 unspecified atom stereocenters. The first-order valence-electron chi connectivity index (χ1n) is 10.4. The van der Waals surface area contributed by atoms with Crippen molar-refractivity contribution in [1.29, 1.82) is 0 Å². The fourth-order valence-corrected chi connectivity index (χ4v) is 3.56. The first-order chi connectivity index (χ1) is 15.3. The lowest BCUT2D eigenvalue weighted by atomic mass is 9.98. The molecule has 1 amide bonds. The van der Waals surface area contributed by atoms with Crippen LogP contribution in [-0.2, 0) is 17.4 Å². The molecule has 0 aliphatic carbocycles. The van der Waals surface area contributed by atoms with Crippen LogP contribution in [0.1, 0.15) is 46.6 Å². The molecule has 32 heavy (non-hydrogen) atoms. The van der Waals surface area contributed by atoms with Crippen molar-refractivity contribution in [1.82, 2.24) is 15.6 Å². The molecule has 7 heteroatoms. The van der Waals surface area contributed by atoms with Gasteiger partial charge in [-0.15, -0.1) is 0 Å².